The molecule has 0 fully saturated rings. The van der Waals surface area contributed by atoms with Gasteiger partial charge < -0.3 is 5.11 Å². The van der Waals surface area contributed by atoms with Crippen LogP contribution in [0.25, 0.3) is 11.1 Å². The third-order valence-corrected chi connectivity index (χ3v) is 3.04. The van der Waals surface area contributed by atoms with Crippen molar-refractivity contribution in [1.29, 1.82) is 0 Å². The van der Waals surface area contributed by atoms with Crippen LogP contribution in [0, 0.1) is 25.1 Å². The second-order valence-corrected chi connectivity index (χ2v) is 4.56. The number of hydrogen-bond acceptors (Lipinski definition) is 1. The van der Waals surface area contributed by atoms with Gasteiger partial charge in [-0.25, -0.2) is 4.39 Å². The molecule has 1 unspecified atom stereocenters. The molecule has 2 aromatic carbocycles. The Morgan fingerprint density at radius 3 is 2.37 bits per heavy atom. The fourth-order valence-corrected chi connectivity index (χ4v) is 1.91. The van der Waals surface area contributed by atoms with E-state index in [1.165, 1.54) is 6.07 Å². The molecule has 0 saturated carbocycles. The fraction of sp³-hybridized carbons (Fsp3) is 0.176. The van der Waals surface area contributed by atoms with E-state index in [0.717, 1.165) is 16.7 Å². The first-order valence-electron chi connectivity index (χ1n) is 6.10. The first-order valence-corrected chi connectivity index (χ1v) is 6.10. The van der Waals surface area contributed by atoms with Gasteiger partial charge in [0.1, 0.15) is 11.9 Å². The van der Waals surface area contributed by atoms with Crippen LogP contribution < -0.4 is 0 Å². The van der Waals surface area contributed by atoms with Crippen LogP contribution in [0.2, 0.25) is 0 Å². The van der Waals surface area contributed by atoms with E-state index in [-0.39, 0.29) is 12.2 Å². The van der Waals surface area contributed by atoms with Gasteiger partial charge in [-0.15, -0.1) is 6.42 Å². The number of aryl methyl sites for hydroxylation is 1. The second-order valence-electron chi connectivity index (χ2n) is 4.56. The minimum absolute atomic E-state index is 0.135. The molecule has 0 aliphatic heterocycles. The quantitative estimate of drug-likeness (QED) is 0.833. The summed E-state index contributed by atoms with van der Waals surface area (Å²) in [6.07, 6.45) is 4.27. The maximum absolute atomic E-state index is 13.9. The second kappa shape index (κ2) is 5.69. The van der Waals surface area contributed by atoms with Gasteiger partial charge in [0.25, 0.3) is 0 Å². The van der Waals surface area contributed by atoms with E-state index in [1.54, 1.807) is 6.07 Å². The van der Waals surface area contributed by atoms with Crippen LogP contribution in [-0.4, -0.2) is 11.2 Å². The molecule has 0 aromatic heterocycles. The van der Waals surface area contributed by atoms with Crippen LogP contribution in [0.5, 0.6) is 0 Å². The lowest BCUT2D eigenvalue weighted by atomic mass is 10.00. The zero-order valence-electron chi connectivity index (χ0n) is 10.7. The van der Waals surface area contributed by atoms with E-state index in [0.29, 0.717) is 5.56 Å². The Bertz CT molecular complexity index is 608. The highest BCUT2D eigenvalue weighted by Gasteiger charge is 2.08. The van der Waals surface area contributed by atoms with Crippen molar-refractivity contribution in [3.63, 3.8) is 0 Å². The number of halogens is 1. The van der Waals surface area contributed by atoms with Gasteiger partial charge in [-0.2, -0.15) is 0 Å². The summed E-state index contributed by atoms with van der Waals surface area (Å²) in [5, 5.41) is 9.35. The smallest absolute Gasteiger partial charge is 0.127 e. The normalized spacial score (nSPS) is 11.9. The zero-order chi connectivity index (χ0) is 13.8. The molecular weight excluding hydrogens is 239 g/mol. The molecule has 96 valence electrons. The average molecular weight is 254 g/mol. The molecule has 0 heterocycles. The van der Waals surface area contributed by atoms with Crippen LogP contribution in [0.1, 0.15) is 11.1 Å². The van der Waals surface area contributed by atoms with Crippen LogP contribution >= 0.6 is 0 Å². The van der Waals surface area contributed by atoms with Gasteiger partial charge in [0.15, 0.2) is 0 Å². The number of terminal acetylenes is 1. The third-order valence-electron chi connectivity index (χ3n) is 3.04. The van der Waals surface area contributed by atoms with E-state index in [9.17, 15) is 9.50 Å². The SMILES string of the molecule is C#CC(O)Cc1ccc(-c2ccc(C)cc2)cc1F. The number of aliphatic hydroxyl groups excluding tert-OH is 1. The van der Waals surface area contributed by atoms with Crippen LogP contribution in [0.15, 0.2) is 42.5 Å². The molecule has 19 heavy (non-hydrogen) atoms. The fourth-order valence-electron chi connectivity index (χ4n) is 1.91. The molecule has 0 radical (unpaired) electrons. The molecule has 2 rings (SSSR count). The summed E-state index contributed by atoms with van der Waals surface area (Å²) >= 11 is 0. The van der Waals surface area contributed by atoms with E-state index >= 15 is 0 Å². The lowest BCUT2D eigenvalue weighted by molar-refractivity contribution is 0.232. The molecule has 0 saturated heterocycles. The Kier molecular flexibility index (Phi) is 3.99. The summed E-state index contributed by atoms with van der Waals surface area (Å²) in [5.74, 6) is 1.84. The Morgan fingerprint density at radius 2 is 1.79 bits per heavy atom. The lowest BCUT2D eigenvalue weighted by Gasteiger charge is -2.08. The monoisotopic (exact) mass is 254 g/mol. The molecule has 1 atom stereocenters. The van der Waals surface area contributed by atoms with Crippen molar-refractivity contribution in [1.82, 2.24) is 0 Å². The molecule has 0 bridgehead atoms. The van der Waals surface area contributed by atoms with Gasteiger partial charge in [-0.3, -0.25) is 0 Å². The third kappa shape index (κ3) is 3.21. The minimum Gasteiger partial charge on any atom is -0.380 e. The number of rotatable bonds is 3. The average Bonchev–Trinajstić information content (AvgIpc) is 2.41. The van der Waals surface area contributed by atoms with Gasteiger partial charge >= 0.3 is 0 Å². The number of hydrogen-bond donors (Lipinski definition) is 1. The topological polar surface area (TPSA) is 20.2 Å². The summed E-state index contributed by atoms with van der Waals surface area (Å²) in [6, 6.07) is 12.9. The molecular formula is C17H15FO. The van der Waals surface area contributed by atoms with Crippen LogP contribution in [0.4, 0.5) is 4.39 Å². The molecule has 0 aliphatic carbocycles. The molecule has 0 amide bonds. The summed E-state index contributed by atoms with van der Waals surface area (Å²) in [7, 11) is 0. The van der Waals surface area contributed by atoms with Crippen molar-refractivity contribution in [2.75, 3.05) is 0 Å². The predicted molar refractivity (Wildman–Crippen MR) is 75.1 cm³/mol. The van der Waals surface area contributed by atoms with Crippen molar-refractivity contribution in [3.05, 3.63) is 59.4 Å². The van der Waals surface area contributed by atoms with Gasteiger partial charge in [-0.05, 0) is 29.7 Å². The van der Waals surface area contributed by atoms with Crippen molar-refractivity contribution < 1.29 is 9.50 Å². The van der Waals surface area contributed by atoms with Crippen LogP contribution in [-0.2, 0) is 6.42 Å². The predicted octanol–water partition coefficient (Wildman–Crippen LogP) is 3.34. The lowest BCUT2D eigenvalue weighted by Crippen LogP contribution is -2.08. The molecule has 2 heteroatoms. The van der Waals surface area contributed by atoms with Crippen molar-refractivity contribution in [3.8, 4) is 23.5 Å². The molecule has 1 N–H and O–H groups in total. The molecule has 1 nitrogen and oxygen atoms in total. The maximum atomic E-state index is 13.9. The maximum Gasteiger partial charge on any atom is 0.127 e. The number of benzene rings is 2. The largest absolute Gasteiger partial charge is 0.380 e. The van der Waals surface area contributed by atoms with Gasteiger partial charge in [0.2, 0.25) is 0 Å². The van der Waals surface area contributed by atoms with Gasteiger partial charge in [0, 0.05) is 6.42 Å². The van der Waals surface area contributed by atoms with E-state index < -0.39 is 6.10 Å². The summed E-state index contributed by atoms with van der Waals surface area (Å²) in [6.45, 7) is 2.01. The molecule has 0 spiro atoms. The highest BCUT2D eigenvalue weighted by Crippen LogP contribution is 2.23. The van der Waals surface area contributed by atoms with Crippen molar-refractivity contribution in [2.24, 2.45) is 0 Å². The van der Waals surface area contributed by atoms with Crippen LogP contribution in [0.3, 0.4) is 0 Å². The Balaban J connectivity index is 2.28. The van der Waals surface area contributed by atoms with Crippen molar-refractivity contribution >= 4 is 0 Å². The highest BCUT2D eigenvalue weighted by molar-refractivity contribution is 5.64. The standard InChI is InChI=1S/C17H15FO/c1-3-16(19)10-15-9-8-14(11-17(15)18)13-6-4-12(2)5-7-13/h1,4-9,11,16,19H,10H2,2H3. The summed E-state index contributed by atoms with van der Waals surface area (Å²) < 4.78 is 13.9. The number of aliphatic hydroxyl groups is 1. The highest BCUT2D eigenvalue weighted by atomic mass is 19.1. The van der Waals surface area contributed by atoms with Gasteiger partial charge in [0.05, 0.1) is 0 Å². The summed E-state index contributed by atoms with van der Waals surface area (Å²) in [4.78, 5) is 0. The minimum atomic E-state index is -0.945. The van der Waals surface area contributed by atoms with E-state index in [1.807, 2.05) is 37.3 Å². The Hall–Kier alpha value is -2.11. The Morgan fingerprint density at radius 1 is 1.16 bits per heavy atom. The zero-order valence-corrected chi connectivity index (χ0v) is 10.7. The first-order chi connectivity index (χ1) is 9.10. The summed E-state index contributed by atoms with van der Waals surface area (Å²) in [5.41, 5.74) is 3.38. The Labute approximate surface area is 112 Å². The molecule has 2 aromatic rings. The first kappa shape index (κ1) is 13.3. The van der Waals surface area contributed by atoms with E-state index in [2.05, 4.69) is 5.92 Å². The van der Waals surface area contributed by atoms with Crippen molar-refractivity contribution in [2.45, 2.75) is 19.4 Å². The van der Waals surface area contributed by atoms with Gasteiger partial charge in [-0.1, -0.05) is 47.9 Å². The van der Waals surface area contributed by atoms with E-state index in [4.69, 9.17) is 6.42 Å². The molecule has 0 aliphatic rings.